The van der Waals surface area contributed by atoms with Crippen LogP contribution in [0.25, 0.3) is 11.3 Å². The first kappa shape index (κ1) is 27.7. The average molecular weight is 557 g/mol. The van der Waals surface area contributed by atoms with E-state index in [1.807, 2.05) is 24.9 Å². The van der Waals surface area contributed by atoms with Crippen molar-refractivity contribution < 1.29 is 22.7 Å². The first-order valence-electron chi connectivity index (χ1n) is 13.1. The molecule has 1 aromatic carbocycles. The van der Waals surface area contributed by atoms with E-state index in [2.05, 4.69) is 25.1 Å². The van der Waals surface area contributed by atoms with Crippen LogP contribution in [0.3, 0.4) is 0 Å². The summed E-state index contributed by atoms with van der Waals surface area (Å²) in [6.45, 7) is 6.37. The van der Waals surface area contributed by atoms with Crippen LogP contribution in [0.15, 0.2) is 47.4 Å². The van der Waals surface area contributed by atoms with Crippen molar-refractivity contribution in [2.75, 3.05) is 68.1 Å². The van der Waals surface area contributed by atoms with Crippen molar-refractivity contribution in [1.29, 1.82) is 0 Å². The Morgan fingerprint density at radius 1 is 1.12 bits per heavy atom. The summed E-state index contributed by atoms with van der Waals surface area (Å²) >= 11 is 0. The largest absolute Gasteiger partial charge is 0.378 e. The molecule has 4 heterocycles. The van der Waals surface area contributed by atoms with Gasteiger partial charge in [-0.25, -0.2) is 18.2 Å². The number of carbonyl (C=O) groups excluding carboxylic acids is 1. The Hall–Kier alpha value is -3.90. The zero-order valence-corrected chi connectivity index (χ0v) is 22.3. The van der Waals surface area contributed by atoms with Crippen LogP contribution < -0.4 is 20.7 Å². The number of hydrogen-bond donors (Lipinski definition) is 2. The molecule has 5 rings (SSSR count). The fraction of sp³-hybridized carbons (Fsp3) is 0.393. The van der Waals surface area contributed by atoms with Gasteiger partial charge in [-0.05, 0) is 38.2 Å². The standard InChI is InChI=1S/C28H31F3N6O3/c1-17-16-37(7-6-35(17)2)24-14-21(29)19(22-4-3-5-25(33-22)36-8-10-40-11-9-36)12-23(24)34-28(39)20-15-32-26(38)13-18(20)27(30)31/h3-5,12-15,17,27H,6-11,16H2,1-2H3,(H,32,38)(H,34,39)/t17-/m0/s1. The Labute approximate surface area is 229 Å². The molecule has 0 saturated carbocycles. The van der Waals surface area contributed by atoms with Crippen LogP contribution in [-0.2, 0) is 4.74 Å². The van der Waals surface area contributed by atoms with E-state index in [1.165, 1.54) is 12.1 Å². The van der Waals surface area contributed by atoms with Gasteiger partial charge >= 0.3 is 0 Å². The van der Waals surface area contributed by atoms with Gasteiger partial charge in [0.2, 0.25) is 5.56 Å². The maximum absolute atomic E-state index is 15.7. The number of pyridine rings is 2. The molecule has 1 atom stereocenters. The van der Waals surface area contributed by atoms with E-state index < -0.39 is 29.3 Å². The molecule has 0 unspecified atom stereocenters. The monoisotopic (exact) mass is 556 g/mol. The number of alkyl halides is 2. The number of benzene rings is 1. The number of nitrogens with one attached hydrogen (secondary N) is 2. The molecule has 0 bridgehead atoms. The first-order chi connectivity index (χ1) is 19.2. The van der Waals surface area contributed by atoms with Crippen LogP contribution in [0, 0.1) is 5.82 Å². The van der Waals surface area contributed by atoms with Crippen LogP contribution in [0.2, 0.25) is 0 Å². The number of likely N-dealkylation sites (N-methyl/N-ethyl adjacent to an activating group) is 1. The Balaban J connectivity index is 1.55. The third kappa shape index (κ3) is 5.82. The van der Waals surface area contributed by atoms with E-state index in [9.17, 15) is 18.4 Å². The van der Waals surface area contributed by atoms with Crippen molar-refractivity contribution in [2.45, 2.75) is 19.4 Å². The number of halogens is 3. The molecule has 1 amide bonds. The predicted octanol–water partition coefficient (Wildman–Crippen LogP) is 3.74. The van der Waals surface area contributed by atoms with Crippen molar-refractivity contribution in [1.82, 2.24) is 14.9 Å². The number of hydrogen-bond acceptors (Lipinski definition) is 7. The molecule has 2 aliphatic rings. The molecular formula is C28H31F3N6O3. The Morgan fingerprint density at radius 2 is 1.90 bits per heavy atom. The SMILES string of the molecule is C[C@H]1CN(c2cc(F)c(-c3cccc(N4CCOCC4)n3)cc2NC(=O)c2c[nH]c(=O)cc2C(F)F)CCN1C. The number of piperazine rings is 1. The first-order valence-corrected chi connectivity index (χ1v) is 13.1. The summed E-state index contributed by atoms with van der Waals surface area (Å²) in [6.07, 6.45) is -2.06. The molecule has 0 spiro atoms. The van der Waals surface area contributed by atoms with E-state index in [0.717, 1.165) is 12.7 Å². The number of morpholine rings is 1. The molecule has 12 heteroatoms. The number of amides is 1. The molecule has 212 valence electrons. The van der Waals surface area contributed by atoms with Crippen LogP contribution >= 0.6 is 0 Å². The summed E-state index contributed by atoms with van der Waals surface area (Å²) in [5, 5.41) is 2.71. The molecular weight excluding hydrogens is 525 g/mol. The molecule has 2 N–H and O–H groups in total. The fourth-order valence-electron chi connectivity index (χ4n) is 4.98. The van der Waals surface area contributed by atoms with Gasteiger partial charge in [0.15, 0.2) is 0 Å². The zero-order valence-electron chi connectivity index (χ0n) is 22.3. The molecule has 9 nitrogen and oxygen atoms in total. The van der Waals surface area contributed by atoms with Gasteiger partial charge in [-0.1, -0.05) is 6.07 Å². The number of nitrogens with zero attached hydrogens (tertiary/aromatic N) is 4. The number of aromatic amines is 1. The summed E-state index contributed by atoms with van der Waals surface area (Å²) in [5.74, 6) is -0.691. The maximum Gasteiger partial charge on any atom is 0.264 e. The molecule has 40 heavy (non-hydrogen) atoms. The molecule has 2 fully saturated rings. The van der Waals surface area contributed by atoms with Gasteiger partial charge in [0.1, 0.15) is 11.6 Å². The van der Waals surface area contributed by atoms with Crippen LogP contribution in [-0.4, -0.2) is 79.8 Å². The van der Waals surface area contributed by atoms with Crippen molar-refractivity contribution >= 4 is 23.1 Å². The van der Waals surface area contributed by atoms with Crippen LogP contribution in [0.5, 0.6) is 0 Å². The highest BCUT2D eigenvalue weighted by Gasteiger charge is 2.27. The minimum Gasteiger partial charge on any atom is -0.378 e. The number of carbonyl (C=O) groups is 1. The molecule has 0 aliphatic carbocycles. The van der Waals surface area contributed by atoms with Gasteiger partial charge in [-0.15, -0.1) is 0 Å². The van der Waals surface area contributed by atoms with E-state index >= 15 is 4.39 Å². The summed E-state index contributed by atoms with van der Waals surface area (Å²) < 4.78 is 48.5. The summed E-state index contributed by atoms with van der Waals surface area (Å²) in [7, 11) is 2.00. The number of H-pyrrole nitrogens is 1. The average Bonchev–Trinajstić information content (AvgIpc) is 2.95. The molecule has 3 aromatic rings. The van der Waals surface area contributed by atoms with Gasteiger partial charge in [0.05, 0.1) is 35.8 Å². The number of anilines is 3. The van der Waals surface area contributed by atoms with Crippen molar-refractivity contribution in [3.63, 3.8) is 0 Å². The van der Waals surface area contributed by atoms with E-state index in [-0.39, 0.29) is 22.9 Å². The Morgan fingerprint density at radius 3 is 2.62 bits per heavy atom. The Bertz CT molecular complexity index is 1440. The summed E-state index contributed by atoms with van der Waals surface area (Å²) in [4.78, 5) is 38.1. The second-order valence-electron chi connectivity index (χ2n) is 10.0. The third-order valence-electron chi connectivity index (χ3n) is 7.42. The molecule has 0 radical (unpaired) electrons. The molecule has 2 aliphatic heterocycles. The topological polar surface area (TPSA) is 93.8 Å². The van der Waals surface area contributed by atoms with E-state index in [1.54, 1.807) is 12.1 Å². The zero-order chi connectivity index (χ0) is 28.4. The Kier molecular flexibility index (Phi) is 8.08. The lowest BCUT2D eigenvalue weighted by Crippen LogP contribution is -2.50. The van der Waals surface area contributed by atoms with E-state index in [4.69, 9.17) is 4.74 Å². The highest BCUT2D eigenvalue weighted by Crippen LogP contribution is 2.36. The normalized spacial score (nSPS) is 18.3. The second kappa shape index (κ2) is 11.7. The molecule has 2 aromatic heterocycles. The smallest absolute Gasteiger partial charge is 0.264 e. The predicted molar refractivity (Wildman–Crippen MR) is 147 cm³/mol. The second-order valence-corrected chi connectivity index (χ2v) is 10.0. The van der Waals surface area contributed by atoms with Crippen molar-refractivity contribution in [3.05, 3.63) is 69.9 Å². The fourth-order valence-corrected chi connectivity index (χ4v) is 4.98. The lowest BCUT2D eigenvalue weighted by molar-refractivity contribution is 0.101. The summed E-state index contributed by atoms with van der Waals surface area (Å²) in [6, 6.07) is 9.03. The minimum atomic E-state index is -3.03. The number of rotatable bonds is 6. The maximum atomic E-state index is 15.7. The minimum absolute atomic E-state index is 0.159. The van der Waals surface area contributed by atoms with Crippen LogP contribution in [0.4, 0.5) is 30.4 Å². The van der Waals surface area contributed by atoms with Crippen molar-refractivity contribution in [3.8, 4) is 11.3 Å². The summed E-state index contributed by atoms with van der Waals surface area (Å²) in [5.41, 5.74) is -0.581. The highest BCUT2D eigenvalue weighted by atomic mass is 19.3. The highest BCUT2D eigenvalue weighted by molar-refractivity contribution is 6.07. The quantitative estimate of drug-likeness (QED) is 0.478. The van der Waals surface area contributed by atoms with Crippen molar-refractivity contribution in [2.24, 2.45) is 0 Å². The third-order valence-corrected chi connectivity index (χ3v) is 7.42. The number of ether oxygens (including phenoxy) is 1. The van der Waals surface area contributed by atoms with Gasteiger partial charge < -0.3 is 29.7 Å². The van der Waals surface area contributed by atoms with Gasteiger partial charge in [0.25, 0.3) is 12.3 Å². The lowest BCUT2D eigenvalue weighted by atomic mass is 10.0. The van der Waals surface area contributed by atoms with Gasteiger partial charge in [0, 0.05) is 62.2 Å². The lowest BCUT2D eigenvalue weighted by Gasteiger charge is -2.39. The van der Waals surface area contributed by atoms with Gasteiger partial charge in [-0.3, -0.25) is 9.59 Å². The van der Waals surface area contributed by atoms with Gasteiger partial charge in [-0.2, -0.15) is 0 Å². The molecule has 2 saturated heterocycles. The van der Waals surface area contributed by atoms with E-state index in [0.29, 0.717) is 62.7 Å². The van der Waals surface area contributed by atoms with Crippen LogP contribution in [0.1, 0.15) is 29.3 Å². The number of aromatic nitrogens is 2.